The monoisotopic (exact) mass is 510 g/mol. The second kappa shape index (κ2) is 10.0. The molecular formula is C28H25F3N2O4. The van der Waals surface area contributed by atoms with Crippen molar-refractivity contribution in [2.24, 2.45) is 0 Å². The fourth-order valence-corrected chi connectivity index (χ4v) is 4.16. The summed E-state index contributed by atoms with van der Waals surface area (Å²) in [5.74, 6) is -0.763. The maximum Gasteiger partial charge on any atom is 0.573 e. The maximum absolute atomic E-state index is 13.2. The van der Waals surface area contributed by atoms with Gasteiger partial charge in [-0.3, -0.25) is 9.59 Å². The molecule has 1 amide bonds. The average molecular weight is 511 g/mol. The first-order chi connectivity index (χ1) is 17.4. The van der Waals surface area contributed by atoms with E-state index in [9.17, 15) is 22.8 Å². The van der Waals surface area contributed by atoms with Gasteiger partial charge in [-0.05, 0) is 68.3 Å². The topological polar surface area (TPSA) is 76.7 Å². The molecule has 0 unspecified atom stereocenters. The number of anilines is 1. The van der Waals surface area contributed by atoms with Crippen LogP contribution < -0.4 is 20.1 Å². The van der Waals surface area contributed by atoms with Crippen molar-refractivity contribution in [3.8, 4) is 11.5 Å². The van der Waals surface area contributed by atoms with E-state index in [1.54, 1.807) is 25.3 Å². The fourth-order valence-electron chi connectivity index (χ4n) is 4.16. The summed E-state index contributed by atoms with van der Waals surface area (Å²) in [7, 11) is 1.58. The van der Waals surface area contributed by atoms with Gasteiger partial charge in [-0.1, -0.05) is 24.3 Å². The Morgan fingerprint density at radius 1 is 0.973 bits per heavy atom. The van der Waals surface area contributed by atoms with Crippen LogP contribution in [0.4, 0.5) is 18.9 Å². The lowest BCUT2D eigenvalue weighted by atomic mass is 9.85. The highest BCUT2D eigenvalue weighted by molar-refractivity contribution is 6.10. The Morgan fingerprint density at radius 2 is 1.70 bits per heavy atom. The van der Waals surface area contributed by atoms with Crippen molar-refractivity contribution in [2.75, 3.05) is 12.4 Å². The standard InChI is InChI=1S/C28H25F3N2O4/c1-27(2)16-19-10-11-21(36-3)14-23(19)24(33-27)15-25(34)17-6-4-8-20(12-17)32-26(35)18-7-5-9-22(13-18)37-28(29,30)31/h4-15,33H,16H2,1-3H3,(H,32,35). The van der Waals surface area contributed by atoms with Gasteiger partial charge in [0.25, 0.3) is 5.91 Å². The quantitative estimate of drug-likeness (QED) is 0.315. The predicted octanol–water partition coefficient (Wildman–Crippen LogP) is 5.99. The van der Waals surface area contributed by atoms with Crippen LogP contribution in [0, 0.1) is 0 Å². The third kappa shape index (κ3) is 6.49. The zero-order valence-corrected chi connectivity index (χ0v) is 20.4. The Morgan fingerprint density at radius 3 is 2.43 bits per heavy atom. The van der Waals surface area contributed by atoms with Crippen LogP contribution in [0.1, 0.15) is 45.7 Å². The van der Waals surface area contributed by atoms with E-state index in [1.807, 2.05) is 32.0 Å². The van der Waals surface area contributed by atoms with Gasteiger partial charge >= 0.3 is 6.36 Å². The second-order valence-electron chi connectivity index (χ2n) is 9.24. The van der Waals surface area contributed by atoms with Crippen LogP contribution in [0.5, 0.6) is 11.5 Å². The molecule has 0 saturated heterocycles. The first-order valence-electron chi connectivity index (χ1n) is 11.4. The van der Waals surface area contributed by atoms with Gasteiger partial charge in [-0.2, -0.15) is 0 Å². The number of alkyl halides is 3. The molecule has 192 valence electrons. The first kappa shape index (κ1) is 25.8. The van der Waals surface area contributed by atoms with Crippen LogP contribution in [0.2, 0.25) is 0 Å². The third-order valence-electron chi connectivity index (χ3n) is 5.72. The number of amides is 1. The number of allylic oxidation sites excluding steroid dienone is 1. The van der Waals surface area contributed by atoms with E-state index in [0.29, 0.717) is 22.7 Å². The molecule has 9 heteroatoms. The maximum atomic E-state index is 13.2. The van der Waals surface area contributed by atoms with Crippen molar-refractivity contribution in [3.63, 3.8) is 0 Å². The first-order valence-corrected chi connectivity index (χ1v) is 11.4. The van der Waals surface area contributed by atoms with E-state index in [-0.39, 0.29) is 16.9 Å². The molecule has 6 nitrogen and oxygen atoms in total. The van der Waals surface area contributed by atoms with Crippen LogP contribution in [0.3, 0.4) is 0 Å². The lowest BCUT2D eigenvalue weighted by molar-refractivity contribution is -0.274. The number of ketones is 1. The number of fused-ring (bicyclic) bond motifs is 1. The zero-order chi connectivity index (χ0) is 26.8. The molecule has 4 rings (SSSR count). The largest absolute Gasteiger partial charge is 0.573 e. The third-order valence-corrected chi connectivity index (χ3v) is 5.72. The second-order valence-corrected chi connectivity index (χ2v) is 9.24. The lowest BCUT2D eigenvalue weighted by Crippen LogP contribution is -2.43. The number of hydrogen-bond donors (Lipinski definition) is 2. The molecule has 2 N–H and O–H groups in total. The van der Waals surface area contributed by atoms with Crippen LogP contribution in [-0.2, 0) is 6.42 Å². The Bertz CT molecular complexity index is 1380. The molecule has 1 aliphatic rings. The van der Waals surface area contributed by atoms with E-state index >= 15 is 0 Å². The number of nitrogens with one attached hydrogen (secondary N) is 2. The van der Waals surface area contributed by atoms with Gasteiger partial charge in [0.2, 0.25) is 0 Å². The number of methoxy groups -OCH3 is 1. The van der Waals surface area contributed by atoms with Crippen LogP contribution in [-0.4, -0.2) is 30.7 Å². The van der Waals surface area contributed by atoms with Crippen molar-refractivity contribution < 1.29 is 32.2 Å². The zero-order valence-electron chi connectivity index (χ0n) is 20.4. The molecular weight excluding hydrogens is 485 g/mol. The molecule has 0 aromatic heterocycles. The van der Waals surface area contributed by atoms with Crippen LogP contribution in [0.25, 0.3) is 5.70 Å². The molecule has 3 aromatic carbocycles. The van der Waals surface area contributed by atoms with E-state index in [4.69, 9.17) is 4.74 Å². The predicted molar refractivity (Wildman–Crippen MR) is 134 cm³/mol. The number of ether oxygens (including phenoxy) is 2. The summed E-state index contributed by atoms with van der Waals surface area (Å²) >= 11 is 0. The summed E-state index contributed by atoms with van der Waals surface area (Å²) in [4.78, 5) is 25.8. The van der Waals surface area contributed by atoms with Crippen molar-refractivity contribution in [1.82, 2.24) is 5.32 Å². The number of halogens is 3. The van der Waals surface area contributed by atoms with Gasteiger partial charge < -0.3 is 20.1 Å². The number of carbonyl (C=O) groups excluding carboxylic acids is 2. The summed E-state index contributed by atoms with van der Waals surface area (Å²) in [6, 6.07) is 16.8. The number of carbonyl (C=O) groups is 2. The van der Waals surface area contributed by atoms with E-state index in [1.165, 1.54) is 24.3 Å². The highest BCUT2D eigenvalue weighted by Crippen LogP contribution is 2.32. The van der Waals surface area contributed by atoms with Gasteiger partial charge in [-0.15, -0.1) is 13.2 Å². The molecule has 0 aliphatic carbocycles. The SMILES string of the molecule is COc1ccc2c(c1)C(=CC(=O)c1cccc(NC(=O)c3cccc(OC(F)(F)F)c3)c1)NC(C)(C)C2. The minimum atomic E-state index is -4.87. The average Bonchev–Trinajstić information content (AvgIpc) is 2.82. The summed E-state index contributed by atoms with van der Waals surface area (Å²) < 4.78 is 46.7. The number of hydrogen-bond acceptors (Lipinski definition) is 5. The number of rotatable bonds is 6. The molecule has 1 heterocycles. The van der Waals surface area contributed by atoms with Crippen molar-refractivity contribution in [2.45, 2.75) is 32.2 Å². The van der Waals surface area contributed by atoms with Crippen molar-refractivity contribution in [3.05, 3.63) is 95.1 Å². The summed E-state index contributed by atoms with van der Waals surface area (Å²) in [5.41, 5.74) is 2.96. The summed E-state index contributed by atoms with van der Waals surface area (Å²) in [5, 5.41) is 6.02. The molecule has 1 aliphatic heterocycles. The van der Waals surface area contributed by atoms with Gasteiger partial charge in [0.1, 0.15) is 11.5 Å². The lowest BCUT2D eigenvalue weighted by Gasteiger charge is -2.35. The molecule has 0 saturated carbocycles. The highest BCUT2D eigenvalue weighted by atomic mass is 19.4. The normalized spacial score (nSPS) is 15.4. The smallest absolute Gasteiger partial charge is 0.497 e. The van der Waals surface area contributed by atoms with Crippen LogP contribution in [0.15, 0.2) is 72.8 Å². The molecule has 0 fully saturated rings. The van der Waals surface area contributed by atoms with E-state index < -0.39 is 18.0 Å². The van der Waals surface area contributed by atoms with E-state index in [2.05, 4.69) is 15.4 Å². The van der Waals surface area contributed by atoms with Crippen LogP contribution >= 0.6 is 0 Å². The molecule has 0 radical (unpaired) electrons. The summed E-state index contributed by atoms with van der Waals surface area (Å²) in [6.45, 7) is 4.09. The minimum absolute atomic E-state index is 0.0280. The molecule has 37 heavy (non-hydrogen) atoms. The van der Waals surface area contributed by atoms with Gasteiger partial charge in [0, 0.05) is 39.7 Å². The molecule has 0 spiro atoms. The molecule has 0 bridgehead atoms. The number of benzene rings is 3. The van der Waals surface area contributed by atoms with E-state index in [0.717, 1.165) is 29.7 Å². The van der Waals surface area contributed by atoms with Gasteiger partial charge in [0.05, 0.1) is 7.11 Å². The minimum Gasteiger partial charge on any atom is -0.497 e. The Hall–Kier alpha value is -4.27. The van der Waals surface area contributed by atoms with Crippen molar-refractivity contribution in [1.29, 1.82) is 0 Å². The summed E-state index contributed by atoms with van der Waals surface area (Å²) in [6.07, 6.45) is -2.58. The Kier molecular flexibility index (Phi) is 6.98. The van der Waals surface area contributed by atoms with Crippen molar-refractivity contribution >= 4 is 23.1 Å². The molecule has 0 atom stereocenters. The Balaban J connectivity index is 1.56. The van der Waals surface area contributed by atoms with Gasteiger partial charge in [-0.25, -0.2) is 0 Å². The van der Waals surface area contributed by atoms with Gasteiger partial charge in [0.15, 0.2) is 5.78 Å². The highest BCUT2D eigenvalue weighted by Gasteiger charge is 2.31. The fraction of sp³-hybridized carbons (Fsp3) is 0.214. The molecule has 3 aromatic rings. The Labute approximate surface area is 212 Å².